The van der Waals surface area contributed by atoms with Crippen LogP contribution in [0, 0.1) is 0 Å². The lowest BCUT2D eigenvalue weighted by atomic mass is 9.83. The maximum absolute atomic E-state index is 11.1. The van der Waals surface area contributed by atoms with Crippen molar-refractivity contribution >= 4 is 23.0 Å². The normalized spacial score (nSPS) is 14.9. The number of hydrogen-bond acceptors (Lipinski definition) is 4. The molecule has 134 valence electrons. The van der Waals surface area contributed by atoms with Gasteiger partial charge in [0.1, 0.15) is 17.1 Å². The van der Waals surface area contributed by atoms with Crippen LogP contribution in [-0.4, -0.2) is 16.3 Å². The maximum Gasteiger partial charge on any atom is 0.151 e. The fourth-order valence-corrected chi connectivity index (χ4v) is 3.71. The zero-order valence-electron chi connectivity index (χ0n) is 15.5. The van der Waals surface area contributed by atoms with Gasteiger partial charge in [-0.2, -0.15) is 0 Å². The molecule has 0 amide bonds. The average Bonchev–Trinajstić information content (AvgIpc) is 2.99. The molecule has 0 unspecified atom stereocenters. The van der Waals surface area contributed by atoms with Crippen molar-refractivity contribution in [2.75, 3.05) is 0 Å². The van der Waals surface area contributed by atoms with Crippen molar-refractivity contribution in [3.8, 4) is 5.75 Å². The molecule has 0 radical (unpaired) electrons. The Morgan fingerprint density at radius 3 is 2.73 bits per heavy atom. The van der Waals surface area contributed by atoms with Crippen molar-refractivity contribution in [2.24, 2.45) is 4.99 Å². The summed E-state index contributed by atoms with van der Waals surface area (Å²) in [5.41, 5.74) is 3.49. The lowest BCUT2D eigenvalue weighted by Crippen LogP contribution is -2.12. The number of pyridine rings is 1. The second kappa shape index (κ2) is 6.27. The average molecular weight is 348 g/mol. The molecular weight excluding hydrogens is 324 g/mol. The Morgan fingerprint density at radius 1 is 1.19 bits per heavy atom. The maximum atomic E-state index is 11.1. The monoisotopic (exact) mass is 348 g/mol. The number of phenols is 1. The highest BCUT2D eigenvalue weighted by atomic mass is 16.3. The van der Waals surface area contributed by atoms with E-state index in [1.165, 1.54) is 5.56 Å². The molecule has 0 saturated carbocycles. The number of nitrogens with zero attached hydrogens (tertiary/aromatic N) is 2. The van der Waals surface area contributed by atoms with Gasteiger partial charge in [-0.1, -0.05) is 26.8 Å². The fourth-order valence-electron chi connectivity index (χ4n) is 3.71. The van der Waals surface area contributed by atoms with E-state index < -0.39 is 0 Å². The van der Waals surface area contributed by atoms with E-state index in [1.807, 2.05) is 24.3 Å². The standard InChI is InChI=1S/C22H24N2O2/c1-22(2,3)16-12-18-20(14-8-4-5-9-17(14)26-18)15(21(16)25)13-24-19-10-6-7-11-23-19/h6-7,10-13,25H,4-5,8-9H2,1-3H3/b24-13+. The van der Waals surface area contributed by atoms with Crippen molar-refractivity contribution in [2.45, 2.75) is 51.9 Å². The summed E-state index contributed by atoms with van der Waals surface area (Å²) in [7, 11) is 0. The lowest BCUT2D eigenvalue weighted by Gasteiger charge is -2.21. The Bertz CT molecular complexity index is 979. The molecule has 2 heterocycles. The fraction of sp³-hybridized carbons (Fsp3) is 0.364. The van der Waals surface area contributed by atoms with E-state index in [4.69, 9.17) is 4.42 Å². The third-order valence-electron chi connectivity index (χ3n) is 5.04. The second-order valence-corrected chi connectivity index (χ2v) is 7.97. The molecule has 1 N–H and O–H groups in total. The highest BCUT2D eigenvalue weighted by Gasteiger charge is 2.27. The first-order valence-electron chi connectivity index (χ1n) is 9.21. The number of benzene rings is 1. The summed E-state index contributed by atoms with van der Waals surface area (Å²) in [5.74, 6) is 1.97. The van der Waals surface area contributed by atoms with Crippen LogP contribution in [0.4, 0.5) is 5.82 Å². The van der Waals surface area contributed by atoms with Gasteiger partial charge in [0.2, 0.25) is 0 Å². The molecule has 0 bridgehead atoms. The van der Waals surface area contributed by atoms with Crippen molar-refractivity contribution in [3.05, 3.63) is 52.9 Å². The van der Waals surface area contributed by atoms with Gasteiger partial charge < -0.3 is 9.52 Å². The van der Waals surface area contributed by atoms with Crippen LogP contribution in [0.2, 0.25) is 0 Å². The largest absolute Gasteiger partial charge is 0.507 e. The lowest BCUT2D eigenvalue weighted by molar-refractivity contribution is 0.446. The molecule has 26 heavy (non-hydrogen) atoms. The Labute approximate surface area is 153 Å². The summed E-state index contributed by atoms with van der Waals surface area (Å²) < 4.78 is 6.19. The van der Waals surface area contributed by atoms with Crippen molar-refractivity contribution in [1.29, 1.82) is 0 Å². The number of hydrogen-bond donors (Lipinski definition) is 1. The number of rotatable bonds is 2. The van der Waals surface area contributed by atoms with Crippen molar-refractivity contribution in [3.63, 3.8) is 0 Å². The molecule has 1 aromatic carbocycles. The van der Waals surface area contributed by atoms with E-state index in [2.05, 4.69) is 30.7 Å². The summed E-state index contributed by atoms with van der Waals surface area (Å²) >= 11 is 0. The number of aromatic nitrogens is 1. The van der Waals surface area contributed by atoms with Crippen LogP contribution in [0.25, 0.3) is 11.0 Å². The molecule has 4 rings (SSSR count). The van der Waals surface area contributed by atoms with Gasteiger partial charge in [-0.15, -0.1) is 0 Å². The van der Waals surface area contributed by atoms with Crippen LogP contribution in [0.15, 0.2) is 39.9 Å². The van der Waals surface area contributed by atoms with E-state index in [0.29, 0.717) is 11.6 Å². The van der Waals surface area contributed by atoms with Crippen LogP contribution in [-0.2, 0) is 18.3 Å². The van der Waals surface area contributed by atoms with E-state index in [-0.39, 0.29) is 5.41 Å². The molecule has 0 spiro atoms. The molecular formula is C22H24N2O2. The molecule has 4 heteroatoms. The van der Waals surface area contributed by atoms with E-state index in [0.717, 1.165) is 53.5 Å². The number of aryl methyl sites for hydroxylation is 2. The smallest absolute Gasteiger partial charge is 0.151 e. The summed E-state index contributed by atoms with van der Waals surface area (Å²) in [6, 6.07) is 7.62. The SMILES string of the molecule is CC(C)(C)c1cc2oc3c(c2c(/C=N/c2ccccn2)c1O)CCCC3. The number of fused-ring (bicyclic) bond motifs is 3. The number of furan rings is 1. The predicted octanol–water partition coefficient (Wildman–Crippen LogP) is 5.46. The first-order valence-corrected chi connectivity index (χ1v) is 9.21. The Hall–Kier alpha value is -2.62. The highest BCUT2D eigenvalue weighted by molar-refractivity contribution is 6.04. The van der Waals surface area contributed by atoms with Crippen LogP contribution in [0.3, 0.4) is 0 Å². The Balaban J connectivity index is 1.97. The topological polar surface area (TPSA) is 58.6 Å². The molecule has 1 aliphatic rings. The highest BCUT2D eigenvalue weighted by Crippen LogP contribution is 2.42. The number of aliphatic imine (C=N–C) groups is 1. The van der Waals surface area contributed by atoms with Crippen LogP contribution >= 0.6 is 0 Å². The van der Waals surface area contributed by atoms with Gasteiger partial charge in [-0.25, -0.2) is 9.98 Å². The molecule has 2 aromatic heterocycles. The first-order chi connectivity index (χ1) is 12.4. The molecule has 0 saturated heterocycles. The predicted molar refractivity (Wildman–Crippen MR) is 105 cm³/mol. The summed E-state index contributed by atoms with van der Waals surface area (Å²) in [4.78, 5) is 8.75. The molecule has 0 atom stereocenters. The van der Waals surface area contributed by atoms with Gasteiger partial charge >= 0.3 is 0 Å². The van der Waals surface area contributed by atoms with Crippen LogP contribution in [0.1, 0.15) is 56.1 Å². The first kappa shape index (κ1) is 16.8. The third kappa shape index (κ3) is 2.90. The molecule has 0 aliphatic heterocycles. The van der Waals surface area contributed by atoms with Gasteiger partial charge in [0, 0.05) is 40.9 Å². The number of phenolic OH excluding ortho intramolecular Hbond substituents is 1. The van der Waals surface area contributed by atoms with Crippen LogP contribution < -0.4 is 0 Å². The zero-order valence-corrected chi connectivity index (χ0v) is 15.5. The quantitative estimate of drug-likeness (QED) is 0.626. The van der Waals surface area contributed by atoms with E-state index in [9.17, 15) is 5.11 Å². The minimum atomic E-state index is -0.195. The Kier molecular flexibility index (Phi) is 4.06. The Morgan fingerprint density at radius 2 is 2.00 bits per heavy atom. The van der Waals surface area contributed by atoms with E-state index in [1.54, 1.807) is 12.4 Å². The molecule has 3 aromatic rings. The third-order valence-corrected chi connectivity index (χ3v) is 5.04. The number of aromatic hydroxyl groups is 1. The summed E-state index contributed by atoms with van der Waals surface area (Å²) in [5, 5.41) is 12.1. The van der Waals surface area contributed by atoms with Gasteiger partial charge in [0.25, 0.3) is 0 Å². The van der Waals surface area contributed by atoms with Gasteiger partial charge in [0.15, 0.2) is 5.82 Å². The summed E-state index contributed by atoms with van der Waals surface area (Å²) in [6.07, 6.45) is 7.71. The molecule has 1 aliphatic carbocycles. The molecule has 0 fully saturated rings. The second-order valence-electron chi connectivity index (χ2n) is 7.97. The zero-order chi connectivity index (χ0) is 18.3. The van der Waals surface area contributed by atoms with Crippen molar-refractivity contribution in [1.82, 2.24) is 4.98 Å². The van der Waals surface area contributed by atoms with E-state index >= 15 is 0 Å². The minimum absolute atomic E-state index is 0.195. The van der Waals surface area contributed by atoms with Gasteiger partial charge in [-0.3, -0.25) is 0 Å². The van der Waals surface area contributed by atoms with Gasteiger partial charge in [0.05, 0.1) is 0 Å². The van der Waals surface area contributed by atoms with Gasteiger partial charge in [-0.05, 0) is 42.9 Å². The summed E-state index contributed by atoms with van der Waals surface area (Å²) in [6.45, 7) is 6.28. The minimum Gasteiger partial charge on any atom is -0.507 e. The van der Waals surface area contributed by atoms with Crippen molar-refractivity contribution < 1.29 is 9.52 Å². The molecule has 4 nitrogen and oxygen atoms in total. The van der Waals surface area contributed by atoms with Crippen LogP contribution in [0.5, 0.6) is 5.75 Å².